The molecule has 0 heterocycles. The van der Waals surface area contributed by atoms with Gasteiger partial charge in [0.2, 0.25) is 0 Å². The number of aryl methyl sites for hydroxylation is 1. The van der Waals surface area contributed by atoms with Gasteiger partial charge in [-0.3, -0.25) is 9.52 Å². The van der Waals surface area contributed by atoms with Gasteiger partial charge in [0, 0.05) is 11.7 Å². The second kappa shape index (κ2) is 10.1. The molecule has 0 aromatic heterocycles. The van der Waals surface area contributed by atoms with E-state index in [1.807, 2.05) is 0 Å². The van der Waals surface area contributed by atoms with Gasteiger partial charge in [0.25, 0.3) is 15.9 Å². The number of carbonyl (C=O) groups is 2. The Labute approximate surface area is 187 Å². The fraction of sp³-hybridized carbons (Fsp3) is 0.391. The van der Waals surface area contributed by atoms with Crippen molar-refractivity contribution in [2.45, 2.75) is 63.0 Å². The maximum atomic E-state index is 13.1. The standard InChI is InChI=1S/C23H27FN2O5S/c1-15-8-9-17(14-21(15)32(29,30)26-20-12-10-18(24)11-13-20)23(28)31-16(2)22(27)25-19-6-4-3-5-7-19/h8-14,16,19,26H,3-7H2,1-2H3,(H,25,27). The number of ether oxygens (including phenoxy) is 1. The van der Waals surface area contributed by atoms with Gasteiger partial charge in [0.15, 0.2) is 6.10 Å². The summed E-state index contributed by atoms with van der Waals surface area (Å²) in [5.41, 5.74) is 0.610. The summed E-state index contributed by atoms with van der Waals surface area (Å²) in [5, 5.41) is 2.90. The first kappa shape index (κ1) is 23.7. The fourth-order valence-corrected chi connectivity index (χ4v) is 4.92. The predicted octanol–water partition coefficient (Wildman–Crippen LogP) is 3.93. The Morgan fingerprint density at radius 2 is 1.72 bits per heavy atom. The molecule has 0 aliphatic heterocycles. The van der Waals surface area contributed by atoms with Crippen LogP contribution in [0.15, 0.2) is 47.4 Å². The molecule has 9 heteroatoms. The highest BCUT2D eigenvalue weighted by Gasteiger charge is 2.24. The molecule has 0 radical (unpaired) electrons. The predicted molar refractivity (Wildman–Crippen MR) is 118 cm³/mol. The van der Waals surface area contributed by atoms with E-state index in [0.717, 1.165) is 44.2 Å². The summed E-state index contributed by atoms with van der Waals surface area (Å²) >= 11 is 0. The summed E-state index contributed by atoms with van der Waals surface area (Å²) in [7, 11) is -4.04. The number of hydrogen-bond acceptors (Lipinski definition) is 5. The Morgan fingerprint density at radius 3 is 2.38 bits per heavy atom. The monoisotopic (exact) mass is 462 g/mol. The van der Waals surface area contributed by atoms with Crippen molar-refractivity contribution in [3.05, 3.63) is 59.4 Å². The van der Waals surface area contributed by atoms with Gasteiger partial charge >= 0.3 is 5.97 Å². The van der Waals surface area contributed by atoms with Gasteiger partial charge in [-0.1, -0.05) is 25.3 Å². The molecule has 172 valence electrons. The topological polar surface area (TPSA) is 102 Å². The summed E-state index contributed by atoms with van der Waals surface area (Å²) in [6.07, 6.45) is 4.09. The van der Waals surface area contributed by atoms with Crippen molar-refractivity contribution in [3.8, 4) is 0 Å². The van der Waals surface area contributed by atoms with E-state index >= 15 is 0 Å². The molecule has 0 spiro atoms. The van der Waals surface area contributed by atoms with Crippen LogP contribution in [-0.2, 0) is 19.6 Å². The van der Waals surface area contributed by atoms with E-state index in [-0.39, 0.29) is 28.1 Å². The molecule has 1 amide bonds. The Bertz CT molecular complexity index is 1080. The first-order valence-corrected chi connectivity index (χ1v) is 12.0. The molecule has 1 aliphatic rings. The number of carbonyl (C=O) groups excluding carboxylic acids is 2. The van der Waals surface area contributed by atoms with E-state index in [1.54, 1.807) is 6.92 Å². The summed E-state index contributed by atoms with van der Waals surface area (Å²) < 4.78 is 46.3. The number of amides is 1. The van der Waals surface area contributed by atoms with Gasteiger partial charge in [-0.2, -0.15) is 0 Å². The number of anilines is 1. The largest absolute Gasteiger partial charge is 0.449 e. The van der Waals surface area contributed by atoms with Gasteiger partial charge in [-0.15, -0.1) is 0 Å². The zero-order valence-corrected chi connectivity index (χ0v) is 18.9. The van der Waals surface area contributed by atoms with Crippen LogP contribution in [0, 0.1) is 12.7 Å². The van der Waals surface area contributed by atoms with Crippen molar-refractivity contribution in [2.24, 2.45) is 0 Å². The molecule has 3 rings (SSSR count). The summed E-state index contributed by atoms with van der Waals surface area (Å²) in [5.74, 6) is -1.66. The smallest absolute Gasteiger partial charge is 0.338 e. The van der Waals surface area contributed by atoms with Crippen molar-refractivity contribution < 1.29 is 27.1 Å². The number of nitrogens with one attached hydrogen (secondary N) is 2. The summed E-state index contributed by atoms with van der Waals surface area (Å²) in [4.78, 5) is 24.8. The van der Waals surface area contributed by atoms with Gasteiger partial charge in [-0.25, -0.2) is 17.6 Å². The van der Waals surface area contributed by atoms with Crippen LogP contribution in [0.4, 0.5) is 10.1 Å². The highest BCUT2D eigenvalue weighted by Crippen LogP contribution is 2.22. The molecule has 0 saturated heterocycles. The van der Waals surface area contributed by atoms with Gasteiger partial charge in [-0.05, 0) is 68.7 Å². The first-order chi connectivity index (χ1) is 15.2. The van der Waals surface area contributed by atoms with E-state index in [2.05, 4.69) is 10.0 Å². The third-order valence-corrected chi connectivity index (χ3v) is 6.94. The van der Waals surface area contributed by atoms with Crippen LogP contribution in [0.2, 0.25) is 0 Å². The average molecular weight is 463 g/mol. The van der Waals surface area contributed by atoms with Crippen LogP contribution in [-0.4, -0.2) is 32.4 Å². The molecule has 1 fully saturated rings. The third kappa shape index (κ3) is 6.06. The molecule has 1 saturated carbocycles. The maximum absolute atomic E-state index is 13.1. The molecule has 2 aromatic carbocycles. The summed E-state index contributed by atoms with van der Waals surface area (Å²) in [6, 6.07) is 9.10. The van der Waals surface area contributed by atoms with Crippen molar-refractivity contribution in [1.82, 2.24) is 5.32 Å². The highest BCUT2D eigenvalue weighted by atomic mass is 32.2. The molecule has 1 unspecified atom stereocenters. The Hall–Kier alpha value is -2.94. The zero-order valence-electron chi connectivity index (χ0n) is 18.1. The Balaban J connectivity index is 1.70. The molecular formula is C23H27FN2O5S. The van der Waals surface area contributed by atoms with E-state index in [4.69, 9.17) is 4.74 Å². The number of hydrogen-bond donors (Lipinski definition) is 2. The minimum atomic E-state index is -4.04. The number of esters is 1. The highest BCUT2D eigenvalue weighted by molar-refractivity contribution is 7.92. The van der Waals surface area contributed by atoms with Gasteiger partial charge in [0.1, 0.15) is 5.82 Å². The minimum Gasteiger partial charge on any atom is -0.449 e. The van der Waals surface area contributed by atoms with Gasteiger partial charge < -0.3 is 10.1 Å². The molecule has 1 aliphatic carbocycles. The van der Waals surface area contributed by atoms with Crippen molar-refractivity contribution in [1.29, 1.82) is 0 Å². The number of halogens is 1. The van der Waals surface area contributed by atoms with Crippen LogP contribution in [0.1, 0.15) is 54.9 Å². The molecule has 2 aromatic rings. The van der Waals surface area contributed by atoms with E-state index in [1.165, 1.54) is 37.3 Å². The first-order valence-electron chi connectivity index (χ1n) is 10.6. The Morgan fingerprint density at radius 1 is 1.06 bits per heavy atom. The molecule has 32 heavy (non-hydrogen) atoms. The van der Waals surface area contributed by atoms with Crippen LogP contribution in [0.5, 0.6) is 0 Å². The molecular weight excluding hydrogens is 435 g/mol. The second-order valence-corrected chi connectivity index (χ2v) is 9.63. The van der Waals surface area contributed by atoms with Crippen molar-refractivity contribution >= 4 is 27.6 Å². The molecule has 7 nitrogen and oxygen atoms in total. The van der Waals surface area contributed by atoms with E-state index < -0.39 is 27.9 Å². The summed E-state index contributed by atoms with van der Waals surface area (Å²) in [6.45, 7) is 3.08. The lowest BCUT2D eigenvalue weighted by Gasteiger charge is -2.24. The van der Waals surface area contributed by atoms with Crippen molar-refractivity contribution in [3.63, 3.8) is 0 Å². The number of sulfonamides is 1. The van der Waals surface area contributed by atoms with E-state index in [0.29, 0.717) is 5.56 Å². The normalized spacial score (nSPS) is 15.6. The fourth-order valence-electron chi connectivity index (χ4n) is 3.59. The van der Waals surface area contributed by atoms with E-state index in [9.17, 15) is 22.4 Å². The van der Waals surface area contributed by atoms with Crippen molar-refractivity contribution in [2.75, 3.05) is 4.72 Å². The zero-order chi connectivity index (χ0) is 23.3. The van der Waals surface area contributed by atoms with Crippen LogP contribution in [0.25, 0.3) is 0 Å². The third-order valence-electron chi connectivity index (χ3n) is 5.41. The minimum absolute atomic E-state index is 0.00685. The quantitative estimate of drug-likeness (QED) is 0.607. The number of rotatable bonds is 7. The SMILES string of the molecule is Cc1ccc(C(=O)OC(C)C(=O)NC2CCCCC2)cc1S(=O)(=O)Nc1ccc(F)cc1. The average Bonchev–Trinajstić information content (AvgIpc) is 2.76. The molecule has 0 bridgehead atoms. The van der Waals surface area contributed by atoms with Crippen LogP contribution < -0.4 is 10.0 Å². The second-order valence-electron chi connectivity index (χ2n) is 7.98. The lowest BCUT2D eigenvalue weighted by molar-refractivity contribution is -0.130. The molecule has 2 N–H and O–H groups in total. The lowest BCUT2D eigenvalue weighted by Crippen LogP contribution is -2.42. The van der Waals surface area contributed by atoms with Gasteiger partial charge in [0.05, 0.1) is 10.5 Å². The molecule has 1 atom stereocenters. The Kier molecular flexibility index (Phi) is 7.50. The van der Waals surface area contributed by atoms with Crippen LogP contribution in [0.3, 0.4) is 0 Å². The maximum Gasteiger partial charge on any atom is 0.338 e. The lowest BCUT2D eigenvalue weighted by atomic mass is 9.95. The number of benzene rings is 2. The van der Waals surface area contributed by atoms with Crippen LogP contribution >= 0.6 is 0 Å².